The van der Waals surface area contributed by atoms with Crippen molar-refractivity contribution in [2.45, 2.75) is 105 Å². The topological polar surface area (TPSA) is 92.3 Å². The van der Waals surface area contributed by atoms with Gasteiger partial charge in [0.2, 0.25) is 11.8 Å². The Labute approximate surface area is 183 Å². The number of hydrogen-bond donors (Lipinski definition) is 2. The van der Waals surface area contributed by atoms with Crippen molar-refractivity contribution in [2.24, 2.45) is 11.8 Å². The Morgan fingerprint density at radius 1 is 0.500 bits per heavy atom. The molecule has 0 aliphatic heterocycles. The number of hydrogen-bond acceptors (Lipinski definition) is 4. The van der Waals surface area contributed by atoms with Crippen LogP contribution in [0.5, 0.6) is 0 Å². The Hall–Kier alpha value is -1.72. The summed E-state index contributed by atoms with van der Waals surface area (Å²) in [7, 11) is 0. The molecule has 0 bridgehead atoms. The fourth-order valence-electron chi connectivity index (χ4n) is 2.98. The van der Waals surface area contributed by atoms with Crippen LogP contribution < -0.4 is 10.6 Å². The van der Waals surface area contributed by atoms with Crippen LogP contribution in [0.3, 0.4) is 0 Å². The van der Waals surface area contributed by atoms with Gasteiger partial charge in [0.05, 0.1) is 0 Å². The van der Waals surface area contributed by atoms with Gasteiger partial charge in [-0.25, -0.2) is 0 Å². The average molecular weight is 425 g/mol. The van der Waals surface area contributed by atoms with E-state index in [0.717, 1.165) is 38.5 Å². The molecule has 0 saturated carbocycles. The van der Waals surface area contributed by atoms with E-state index in [-0.39, 0.29) is 23.7 Å². The monoisotopic (exact) mass is 424 g/mol. The molecule has 174 valence electrons. The fourth-order valence-corrected chi connectivity index (χ4v) is 2.98. The summed E-state index contributed by atoms with van der Waals surface area (Å²) in [6.45, 7) is 8.99. The molecule has 0 aromatic carbocycles. The van der Waals surface area contributed by atoms with Gasteiger partial charge in [-0.15, -0.1) is 0 Å². The van der Waals surface area contributed by atoms with E-state index in [1.807, 2.05) is 27.7 Å². The lowest BCUT2D eigenvalue weighted by Crippen LogP contribution is -2.25. The summed E-state index contributed by atoms with van der Waals surface area (Å²) in [5.41, 5.74) is 0. The van der Waals surface area contributed by atoms with Crippen LogP contribution in [0.25, 0.3) is 0 Å². The number of carbonyl (C=O) groups excluding carboxylic acids is 4. The van der Waals surface area contributed by atoms with Crippen LogP contribution in [-0.4, -0.2) is 36.5 Å². The quantitative estimate of drug-likeness (QED) is 0.302. The summed E-state index contributed by atoms with van der Waals surface area (Å²) in [4.78, 5) is 46.6. The van der Waals surface area contributed by atoms with E-state index >= 15 is 0 Å². The first-order valence-electron chi connectivity index (χ1n) is 11.8. The Bertz CT molecular complexity index is 469. The zero-order valence-electron chi connectivity index (χ0n) is 19.7. The standard InChI is InChI=1S/C24H44N2O4/c1-19(2)21(27)13-7-5-11-17-25-23(29)15-9-10-16-24(30)26-18-12-6-8-14-22(28)20(3)4/h19-20H,5-18H2,1-4H3,(H,25,29)(H,26,30). The zero-order valence-corrected chi connectivity index (χ0v) is 19.7. The highest BCUT2D eigenvalue weighted by molar-refractivity contribution is 5.80. The van der Waals surface area contributed by atoms with Crippen LogP contribution in [0.15, 0.2) is 0 Å². The summed E-state index contributed by atoms with van der Waals surface area (Å²) >= 11 is 0. The molecule has 6 heteroatoms. The van der Waals surface area contributed by atoms with Gasteiger partial charge >= 0.3 is 0 Å². The molecule has 0 rings (SSSR count). The lowest BCUT2D eigenvalue weighted by atomic mass is 10.0. The van der Waals surface area contributed by atoms with Crippen molar-refractivity contribution in [1.29, 1.82) is 0 Å². The SMILES string of the molecule is CC(C)C(=O)CCCCCNC(=O)CCCCC(=O)NCCCCCC(=O)C(C)C. The molecule has 0 aliphatic carbocycles. The second-order valence-corrected chi connectivity index (χ2v) is 8.77. The number of rotatable bonds is 19. The van der Waals surface area contributed by atoms with E-state index < -0.39 is 0 Å². The van der Waals surface area contributed by atoms with Gasteiger partial charge in [0.1, 0.15) is 11.6 Å². The van der Waals surface area contributed by atoms with E-state index in [0.29, 0.717) is 63.2 Å². The minimum Gasteiger partial charge on any atom is -0.356 e. The summed E-state index contributed by atoms with van der Waals surface area (Å²) in [5.74, 6) is 0.896. The molecule has 2 N–H and O–H groups in total. The molecule has 0 unspecified atom stereocenters. The molecule has 6 nitrogen and oxygen atoms in total. The second-order valence-electron chi connectivity index (χ2n) is 8.77. The largest absolute Gasteiger partial charge is 0.356 e. The lowest BCUT2D eigenvalue weighted by molar-refractivity contribution is -0.123. The van der Waals surface area contributed by atoms with Crippen molar-refractivity contribution in [2.75, 3.05) is 13.1 Å². The Morgan fingerprint density at radius 3 is 1.17 bits per heavy atom. The van der Waals surface area contributed by atoms with Crippen LogP contribution in [0, 0.1) is 11.8 Å². The van der Waals surface area contributed by atoms with E-state index in [1.165, 1.54) is 0 Å². The maximum absolute atomic E-state index is 11.8. The smallest absolute Gasteiger partial charge is 0.219 e. The molecular formula is C24H44N2O4. The number of unbranched alkanes of at least 4 members (excludes halogenated alkanes) is 5. The first kappa shape index (κ1) is 28.3. The molecule has 0 saturated heterocycles. The predicted molar refractivity (Wildman–Crippen MR) is 121 cm³/mol. The summed E-state index contributed by atoms with van der Waals surface area (Å²) < 4.78 is 0. The average Bonchev–Trinajstić information content (AvgIpc) is 2.69. The summed E-state index contributed by atoms with van der Waals surface area (Å²) in [5, 5.41) is 5.80. The van der Waals surface area contributed by atoms with Crippen LogP contribution in [0.1, 0.15) is 105 Å². The number of ketones is 2. The van der Waals surface area contributed by atoms with Crippen LogP contribution >= 0.6 is 0 Å². The highest BCUT2D eigenvalue weighted by Gasteiger charge is 2.08. The molecule has 0 fully saturated rings. The molecule has 0 atom stereocenters. The van der Waals surface area contributed by atoms with Crippen molar-refractivity contribution in [3.8, 4) is 0 Å². The van der Waals surface area contributed by atoms with E-state index in [9.17, 15) is 19.2 Å². The minimum atomic E-state index is 0.0320. The van der Waals surface area contributed by atoms with Crippen LogP contribution in [0.2, 0.25) is 0 Å². The minimum absolute atomic E-state index is 0.0320. The van der Waals surface area contributed by atoms with Crippen LogP contribution in [-0.2, 0) is 19.2 Å². The van der Waals surface area contributed by atoms with E-state index in [2.05, 4.69) is 10.6 Å². The van der Waals surface area contributed by atoms with Gasteiger partial charge in [-0.1, -0.05) is 40.5 Å². The first-order chi connectivity index (χ1) is 14.2. The Balaban J connectivity index is 3.47. The van der Waals surface area contributed by atoms with Crippen molar-refractivity contribution in [3.05, 3.63) is 0 Å². The Kier molecular flexibility index (Phi) is 17.0. The molecule has 0 aromatic heterocycles. The maximum atomic E-state index is 11.8. The Morgan fingerprint density at radius 2 is 0.833 bits per heavy atom. The molecule has 0 spiro atoms. The molecule has 0 heterocycles. The number of amides is 2. The van der Waals surface area contributed by atoms with Gasteiger partial charge in [0.25, 0.3) is 0 Å². The third kappa shape index (κ3) is 17.2. The molecule has 0 radical (unpaired) electrons. The molecule has 0 aromatic rings. The van der Waals surface area contributed by atoms with Crippen molar-refractivity contribution in [1.82, 2.24) is 10.6 Å². The molecule has 0 aliphatic rings. The number of carbonyl (C=O) groups is 4. The van der Waals surface area contributed by atoms with Crippen molar-refractivity contribution < 1.29 is 19.2 Å². The molecule has 30 heavy (non-hydrogen) atoms. The first-order valence-corrected chi connectivity index (χ1v) is 11.8. The van der Waals surface area contributed by atoms with Crippen LogP contribution in [0.4, 0.5) is 0 Å². The van der Waals surface area contributed by atoms with Gasteiger partial charge in [0, 0.05) is 50.6 Å². The van der Waals surface area contributed by atoms with Gasteiger partial charge in [-0.2, -0.15) is 0 Å². The molecule has 2 amide bonds. The third-order valence-corrected chi connectivity index (χ3v) is 5.19. The second kappa shape index (κ2) is 18.1. The third-order valence-electron chi connectivity index (χ3n) is 5.19. The van der Waals surface area contributed by atoms with Gasteiger partial charge in [0.15, 0.2) is 0 Å². The van der Waals surface area contributed by atoms with E-state index in [4.69, 9.17) is 0 Å². The highest BCUT2D eigenvalue weighted by Crippen LogP contribution is 2.07. The summed E-state index contributed by atoms with van der Waals surface area (Å²) in [6, 6.07) is 0. The number of Topliss-reactive ketones (excluding diaryl/α,β-unsaturated/α-hetero) is 2. The van der Waals surface area contributed by atoms with Gasteiger partial charge in [-0.3, -0.25) is 19.2 Å². The normalized spacial score (nSPS) is 11.0. The van der Waals surface area contributed by atoms with Gasteiger partial charge in [-0.05, 0) is 38.5 Å². The summed E-state index contributed by atoms with van der Waals surface area (Å²) in [6.07, 6.45) is 9.04. The van der Waals surface area contributed by atoms with Gasteiger partial charge < -0.3 is 10.6 Å². The van der Waals surface area contributed by atoms with E-state index in [1.54, 1.807) is 0 Å². The maximum Gasteiger partial charge on any atom is 0.219 e. The lowest BCUT2D eigenvalue weighted by Gasteiger charge is -2.07. The van der Waals surface area contributed by atoms with Crippen molar-refractivity contribution in [3.63, 3.8) is 0 Å². The fraction of sp³-hybridized carbons (Fsp3) is 0.833. The highest BCUT2D eigenvalue weighted by atomic mass is 16.2. The zero-order chi connectivity index (χ0) is 22.8. The number of nitrogens with one attached hydrogen (secondary N) is 2. The predicted octanol–water partition coefficient (Wildman–Crippen LogP) is 4.35. The van der Waals surface area contributed by atoms with Crippen molar-refractivity contribution >= 4 is 23.4 Å². The molecular weight excluding hydrogens is 380 g/mol.